The highest BCUT2D eigenvalue weighted by molar-refractivity contribution is 6.42. The van der Waals surface area contributed by atoms with Crippen LogP contribution in [0.25, 0.3) is 0 Å². The molecule has 1 heterocycles. The number of ketones is 1. The quantitative estimate of drug-likeness (QED) is 0.717. The summed E-state index contributed by atoms with van der Waals surface area (Å²) in [5.74, 6) is 0.745. The Labute approximate surface area is 185 Å². The van der Waals surface area contributed by atoms with Crippen LogP contribution in [0.15, 0.2) is 47.7 Å². The summed E-state index contributed by atoms with van der Waals surface area (Å²) in [5, 5.41) is 3.86. The molecule has 2 aromatic carbocycles. The standard InChI is InChI=1S/C23H21Cl2NO4/c1-29-14-4-5-15(21(10-14)30-2)16-11-22(28)26-19-8-13(9-20(27)23(16)19)12-3-6-17(24)18(25)7-12/h3-7,10,13,16H,8-9,11H2,1-2H3,(H,26,28). The third-order valence-corrected chi connectivity index (χ3v) is 6.51. The van der Waals surface area contributed by atoms with Crippen LogP contribution < -0.4 is 14.8 Å². The van der Waals surface area contributed by atoms with Crippen molar-refractivity contribution in [2.24, 2.45) is 0 Å². The number of allylic oxidation sites excluding steroid dienone is 2. The summed E-state index contributed by atoms with van der Waals surface area (Å²) in [6.07, 6.45) is 1.10. The first-order valence-corrected chi connectivity index (χ1v) is 10.4. The first kappa shape index (κ1) is 20.8. The number of carbonyl (C=O) groups is 2. The van der Waals surface area contributed by atoms with Crippen LogP contribution in [0.2, 0.25) is 10.0 Å². The van der Waals surface area contributed by atoms with Crippen LogP contribution in [0.4, 0.5) is 0 Å². The summed E-state index contributed by atoms with van der Waals surface area (Å²) >= 11 is 12.2. The number of hydrogen-bond donors (Lipinski definition) is 1. The van der Waals surface area contributed by atoms with Gasteiger partial charge in [-0.15, -0.1) is 0 Å². The molecular weight excluding hydrogens is 425 g/mol. The van der Waals surface area contributed by atoms with Gasteiger partial charge in [0.2, 0.25) is 5.91 Å². The maximum atomic E-state index is 13.2. The molecule has 4 rings (SSSR count). The minimum absolute atomic E-state index is 0.0233. The number of rotatable bonds is 4. The Bertz CT molecular complexity index is 1060. The van der Waals surface area contributed by atoms with E-state index in [1.54, 1.807) is 32.4 Å². The predicted molar refractivity (Wildman–Crippen MR) is 116 cm³/mol. The molecule has 156 valence electrons. The van der Waals surface area contributed by atoms with E-state index in [0.29, 0.717) is 45.7 Å². The Morgan fingerprint density at radius 3 is 2.43 bits per heavy atom. The molecule has 0 spiro atoms. The summed E-state index contributed by atoms with van der Waals surface area (Å²) in [6.45, 7) is 0. The van der Waals surface area contributed by atoms with Crippen LogP contribution in [-0.2, 0) is 9.59 Å². The van der Waals surface area contributed by atoms with Crippen LogP contribution >= 0.6 is 23.2 Å². The molecule has 0 saturated carbocycles. The van der Waals surface area contributed by atoms with Crippen LogP contribution in [0.5, 0.6) is 11.5 Å². The van der Waals surface area contributed by atoms with Gasteiger partial charge in [-0.1, -0.05) is 35.3 Å². The van der Waals surface area contributed by atoms with Gasteiger partial charge in [0.25, 0.3) is 0 Å². The van der Waals surface area contributed by atoms with E-state index in [1.807, 2.05) is 18.2 Å². The number of ether oxygens (including phenoxy) is 2. The number of amides is 1. The van der Waals surface area contributed by atoms with Crippen LogP contribution in [0.1, 0.15) is 42.2 Å². The Morgan fingerprint density at radius 2 is 1.73 bits per heavy atom. The first-order chi connectivity index (χ1) is 14.4. The van der Waals surface area contributed by atoms with Crippen LogP contribution in [-0.4, -0.2) is 25.9 Å². The lowest BCUT2D eigenvalue weighted by Gasteiger charge is -2.35. The molecule has 0 aromatic heterocycles. The molecule has 0 bridgehead atoms. The van der Waals surface area contributed by atoms with Crippen molar-refractivity contribution in [2.45, 2.75) is 31.1 Å². The summed E-state index contributed by atoms with van der Waals surface area (Å²) in [6, 6.07) is 10.9. The largest absolute Gasteiger partial charge is 0.497 e. The second-order valence-electron chi connectivity index (χ2n) is 7.51. The van der Waals surface area contributed by atoms with Crippen molar-refractivity contribution in [3.05, 3.63) is 68.8 Å². The zero-order valence-electron chi connectivity index (χ0n) is 16.6. The van der Waals surface area contributed by atoms with Crippen molar-refractivity contribution >= 4 is 34.9 Å². The summed E-state index contributed by atoms with van der Waals surface area (Å²) in [4.78, 5) is 25.8. The van der Waals surface area contributed by atoms with Gasteiger partial charge in [-0.2, -0.15) is 0 Å². The van der Waals surface area contributed by atoms with Gasteiger partial charge in [-0.25, -0.2) is 0 Å². The molecule has 2 unspecified atom stereocenters. The fraction of sp³-hybridized carbons (Fsp3) is 0.304. The number of methoxy groups -OCH3 is 2. The molecule has 0 saturated heterocycles. The molecule has 2 aliphatic rings. The molecule has 1 amide bonds. The number of benzene rings is 2. The SMILES string of the molecule is COc1ccc(C2CC(=O)NC3=C2C(=O)CC(c2ccc(Cl)c(Cl)c2)C3)c(OC)c1. The average Bonchev–Trinajstić information content (AvgIpc) is 2.74. The normalized spacial score (nSPS) is 21.2. The van der Waals surface area contributed by atoms with Crippen molar-refractivity contribution in [1.82, 2.24) is 5.32 Å². The molecule has 7 heteroatoms. The maximum Gasteiger partial charge on any atom is 0.225 e. The van der Waals surface area contributed by atoms with E-state index in [1.165, 1.54) is 0 Å². The van der Waals surface area contributed by atoms with E-state index >= 15 is 0 Å². The van der Waals surface area contributed by atoms with Crippen molar-refractivity contribution in [3.8, 4) is 11.5 Å². The average molecular weight is 446 g/mol. The lowest BCUT2D eigenvalue weighted by Crippen LogP contribution is -2.38. The van der Waals surface area contributed by atoms with E-state index < -0.39 is 0 Å². The maximum absolute atomic E-state index is 13.2. The van der Waals surface area contributed by atoms with E-state index in [0.717, 1.165) is 11.1 Å². The second kappa shape index (κ2) is 8.32. The molecular formula is C23H21Cl2NO4. The molecule has 1 aliphatic heterocycles. The lowest BCUT2D eigenvalue weighted by molar-refractivity contribution is -0.122. The fourth-order valence-corrected chi connectivity index (χ4v) is 4.64. The summed E-state index contributed by atoms with van der Waals surface area (Å²) in [5.41, 5.74) is 3.08. The van der Waals surface area contributed by atoms with E-state index in [2.05, 4.69) is 5.32 Å². The van der Waals surface area contributed by atoms with Gasteiger partial charge in [-0.3, -0.25) is 9.59 Å². The number of carbonyl (C=O) groups excluding carboxylic acids is 2. The Hall–Kier alpha value is -2.50. The first-order valence-electron chi connectivity index (χ1n) is 9.64. The highest BCUT2D eigenvalue weighted by atomic mass is 35.5. The van der Waals surface area contributed by atoms with E-state index in [4.69, 9.17) is 32.7 Å². The molecule has 1 N–H and O–H groups in total. The molecule has 2 atom stereocenters. The zero-order chi connectivity index (χ0) is 21.4. The lowest BCUT2D eigenvalue weighted by atomic mass is 9.73. The van der Waals surface area contributed by atoms with Crippen molar-refractivity contribution in [2.75, 3.05) is 14.2 Å². The molecule has 30 heavy (non-hydrogen) atoms. The van der Waals surface area contributed by atoms with Crippen molar-refractivity contribution < 1.29 is 19.1 Å². The van der Waals surface area contributed by atoms with E-state index in [-0.39, 0.29) is 29.9 Å². The number of Topliss-reactive ketones (excluding diaryl/α,β-unsaturated/α-hetero) is 1. The number of nitrogens with one attached hydrogen (secondary N) is 1. The summed E-state index contributed by atoms with van der Waals surface area (Å²) < 4.78 is 10.8. The molecule has 2 aromatic rings. The Balaban J connectivity index is 1.73. The van der Waals surface area contributed by atoms with Gasteiger partial charge >= 0.3 is 0 Å². The van der Waals surface area contributed by atoms with Gasteiger partial charge in [-0.05, 0) is 36.1 Å². The molecule has 0 fully saturated rings. The molecule has 0 radical (unpaired) electrons. The summed E-state index contributed by atoms with van der Waals surface area (Å²) in [7, 11) is 3.15. The minimum Gasteiger partial charge on any atom is -0.497 e. The highest BCUT2D eigenvalue weighted by Gasteiger charge is 2.39. The van der Waals surface area contributed by atoms with Gasteiger partial charge in [0.1, 0.15) is 11.5 Å². The van der Waals surface area contributed by atoms with Gasteiger partial charge in [0, 0.05) is 41.7 Å². The topological polar surface area (TPSA) is 64.6 Å². The van der Waals surface area contributed by atoms with Gasteiger partial charge < -0.3 is 14.8 Å². The number of hydrogen-bond acceptors (Lipinski definition) is 4. The van der Waals surface area contributed by atoms with E-state index in [9.17, 15) is 9.59 Å². The van der Waals surface area contributed by atoms with Crippen molar-refractivity contribution in [1.29, 1.82) is 0 Å². The molecule has 1 aliphatic carbocycles. The second-order valence-corrected chi connectivity index (χ2v) is 8.32. The van der Waals surface area contributed by atoms with Crippen molar-refractivity contribution in [3.63, 3.8) is 0 Å². The highest BCUT2D eigenvalue weighted by Crippen LogP contribution is 2.45. The van der Waals surface area contributed by atoms with Gasteiger partial charge in [0.05, 0.1) is 24.3 Å². The zero-order valence-corrected chi connectivity index (χ0v) is 18.1. The fourth-order valence-electron chi connectivity index (χ4n) is 4.33. The smallest absolute Gasteiger partial charge is 0.225 e. The Morgan fingerprint density at radius 1 is 0.933 bits per heavy atom. The third-order valence-electron chi connectivity index (χ3n) is 5.77. The Kier molecular flexibility index (Phi) is 5.76. The van der Waals surface area contributed by atoms with Gasteiger partial charge in [0.15, 0.2) is 5.78 Å². The molecule has 5 nitrogen and oxygen atoms in total. The third kappa shape index (κ3) is 3.80. The number of halogens is 2. The monoisotopic (exact) mass is 445 g/mol. The van der Waals surface area contributed by atoms with Crippen LogP contribution in [0, 0.1) is 0 Å². The van der Waals surface area contributed by atoms with Crippen LogP contribution in [0.3, 0.4) is 0 Å². The predicted octanol–water partition coefficient (Wildman–Crippen LogP) is 5.01. The minimum atomic E-state index is -0.350.